The highest BCUT2D eigenvalue weighted by Gasteiger charge is 2.47. The van der Waals surface area contributed by atoms with Crippen LogP contribution in [0.25, 0.3) is 15.5 Å². The number of nitrogens with zero attached hydrogens (tertiary/aromatic N) is 4. The minimum Gasteiger partial charge on any atom is -0.471 e. The quantitative estimate of drug-likeness (QED) is 0.336. The molecule has 1 aliphatic heterocycles. The third-order valence-electron chi connectivity index (χ3n) is 5.15. The van der Waals surface area contributed by atoms with Crippen LogP contribution in [0.5, 0.6) is 0 Å². The number of hydrogen-bond donors (Lipinski definition) is 3. The van der Waals surface area contributed by atoms with Crippen molar-refractivity contribution in [3.8, 4) is 10.6 Å². The van der Waals surface area contributed by atoms with Gasteiger partial charge in [-0.2, -0.15) is 9.61 Å². The van der Waals surface area contributed by atoms with Gasteiger partial charge in [-0.05, 0) is 44.2 Å². The number of aliphatic hydroxyl groups is 2. The van der Waals surface area contributed by atoms with E-state index in [2.05, 4.69) is 20.0 Å². The third-order valence-corrected chi connectivity index (χ3v) is 7.46. The maximum atomic E-state index is 12.4. The molecule has 1 saturated heterocycles. The maximum absolute atomic E-state index is 12.4. The number of nitrogens with one attached hydrogen (secondary N) is 1. The lowest BCUT2D eigenvalue weighted by atomic mass is 10.1. The minimum absolute atomic E-state index is 0.0312. The molecule has 34 heavy (non-hydrogen) atoms. The summed E-state index contributed by atoms with van der Waals surface area (Å²) in [7, 11) is -3.74. The van der Waals surface area contributed by atoms with E-state index in [1.54, 1.807) is 38.1 Å². The van der Waals surface area contributed by atoms with Crippen LogP contribution < -0.4 is 4.72 Å². The van der Waals surface area contributed by atoms with E-state index in [-0.39, 0.29) is 4.90 Å². The van der Waals surface area contributed by atoms with Crippen LogP contribution >= 0.6 is 11.3 Å². The number of sulfonamides is 1. The van der Waals surface area contributed by atoms with Crippen LogP contribution in [0.3, 0.4) is 0 Å². The van der Waals surface area contributed by atoms with Crippen LogP contribution in [0.15, 0.2) is 52.2 Å². The second kappa shape index (κ2) is 8.41. The minimum atomic E-state index is -3.74. The van der Waals surface area contributed by atoms with Gasteiger partial charge in [0.05, 0.1) is 12.9 Å². The first-order valence-corrected chi connectivity index (χ1v) is 12.5. The van der Waals surface area contributed by atoms with Crippen LogP contribution in [-0.2, 0) is 19.5 Å². The summed E-state index contributed by atoms with van der Waals surface area (Å²) < 4.78 is 45.2. The van der Waals surface area contributed by atoms with E-state index in [1.165, 1.54) is 28.2 Å². The highest BCUT2D eigenvalue weighted by atomic mass is 32.2. The summed E-state index contributed by atoms with van der Waals surface area (Å²) in [5, 5.41) is 33.1. The predicted octanol–water partition coefficient (Wildman–Crippen LogP) is 1.79. The summed E-state index contributed by atoms with van der Waals surface area (Å²) >= 11 is 1.28. The lowest BCUT2D eigenvalue weighted by Gasteiger charge is -2.19. The molecule has 0 bridgehead atoms. The highest BCUT2D eigenvalue weighted by molar-refractivity contribution is 7.92. The van der Waals surface area contributed by atoms with Gasteiger partial charge < -0.3 is 24.1 Å². The molecule has 3 aromatic heterocycles. The van der Waals surface area contributed by atoms with Crippen molar-refractivity contribution in [1.29, 1.82) is 0 Å². The van der Waals surface area contributed by atoms with Gasteiger partial charge in [-0.3, -0.25) is 4.72 Å². The van der Waals surface area contributed by atoms with E-state index in [1.807, 2.05) is 0 Å². The van der Waals surface area contributed by atoms with Crippen molar-refractivity contribution < 1.29 is 32.5 Å². The zero-order chi connectivity index (χ0) is 24.1. The van der Waals surface area contributed by atoms with Crippen molar-refractivity contribution in [2.24, 2.45) is 0 Å². The van der Waals surface area contributed by atoms with E-state index in [0.717, 1.165) is 11.8 Å². The SMILES string of the molecule is CC1(C)O[C@H]([C@H](O)CO)[C@@H](c2nnc3sc(-c4ccc(NS(=O)(=O)c5ccoc5)cc4)nn23)O1. The molecule has 5 rings (SSSR count). The molecule has 1 aromatic carbocycles. The van der Waals surface area contributed by atoms with Crippen molar-refractivity contribution in [2.75, 3.05) is 11.3 Å². The van der Waals surface area contributed by atoms with Crippen molar-refractivity contribution in [3.05, 3.63) is 48.7 Å². The van der Waals surface area contributed by atoms with Gasteiger partial charge in [-0.15, -0.1) is 10.2 Å². The Morgan fingerprint density at radius 2 is 1.97 bits per heavy atom. The predicted molar refractivity (Wildman–Crippen MR) is 119 cm³/mol. The largest absolute Gasteiger partial charge is 0.471 e. The van der Waals surface area contributed by atoms with Gasteiger partial charge in [0.1, 0.15) is 28.4 Å². The second-order valence-electron chi connectivity index (χ2n) is 8.07. The second-order valence-corrected chi connectivity index (χ2v) is 10.7. The van der Waals surface area contributed by atoms with Crippen molar-refractivity contribution >= 4 is 32.0 Å². The molecule has 0 aliphatic carbocycles. The van der Waals surface area contributed by atoms with Gasteiger partial charge in [0, 0.05) is 11.3 Å². The number of fused-ring (bicyclic) bond motifs is 1. The summed E-state index contributed by atoms with van der Waals surface area (Å²) in [6.07, 6.45) is -0.369. The molecule has 3 N–H and O–H groups in total. The number of rotatable bonds is 7. The Bertz CT molecular complexity index is 1400. The van der Waals surface area contributed by atoms with Crippen LogP contribution in [0.1, 0.15) is 25.8 Å². The summed E-state index contributed by atoms with van der Waals surface area (Å²) in [5.41, 5.74) is 1.12. The van der Waals surface area contributed by atoms with Gasteiger partial charge in [0.25, 0.3) is 10.0 Å². The number of ether oxygens (including phenoxy) is 2. The Labute approximate surface area is 197 Å². The molecule has 0 saturated carbocycles. The number of aromatic nitrogens is 4. The average Bonchev–Trinajstić information content (AvgIpc) is 3.56. The smallest absolute Gasteiger partial charge is 0.265 e. The molecule has 12 nitrogen and oxygen atoms in total. The van der Waals surface area contributed by atoms with E-state index in [9.17, 15) is 18.6 Å². The standard InChI is InChI=1S/C20H21N5O7S2/c1-20(2)31-15(14(27)9-26)16(32-20)17-21-22-19-25(17)23-18(33-19)11-3-5-12(6-4-11)24-34(28,29)13-7-8-30-10-13/h3-8,10,14-16,24,26-27H,9H2,1-2H3/t14-,15-,16+/m1/s1. The Kier molecular flexibility index (Phi) is 5.66. The van der Waals surface area contributed by atoms with E-state index < -0.39 is 40.7 Å². The molecule has 0 spiro atoms. The van der Waals surface area contributed by atoms with Crippen LogP contribution in [0.2, 0.25) is 0 Å². The van der Waals surface area contributed by atoms with Crippen molar-refractivity contribution in [2.45, 2.75) is 42.8 Å². The van der Waals surface area contributed by atoms with Crippen LogP contribution in [0.4, 0.5) is 5.69 Å². The number of benzene rings is 1. The number of furan rings is 1. The molecule has 14 heteroatoms. The molecule has 180 valence electrons. The summed E-state index contributed by atoms with van der Waals surface area (Å²) in [4.78, 5) is 0.531. The Balaban J connectivity index is 1.41. The van der Waals surface area contributed by atoms with Gasteiger partial charge in [-0.25, -0.2) is 8.42 Å². The number of anilines is 1. The number of hydrogen-bond acceptors (Lipinski definition) is 11. The van der Waals surface area contributed by atoms with Gasteiger partial charge in [0.15, 0.2) is 17.7 Å². The fourth-order valence-corrected chi connectivity index (χ4v) is 5.43. The zero-order valence-corrected chi connectivity index (χ0v) is 19.7. The summed E-state index contributed by atoms with van der Waals surface area (Å²) in [5.74, 6) is -0.652. The third kappa shape index (κ3) is 4.19. The molecular weight excluding hydrogens is 486 g/mol. The van der Waals surface area contributed by atoms with Crippen molar-refractivity contribution in [3.63, 3.8) is 0 Å². The fourth-order valence-electron chi connectivity index (χ4n) is 3.60. The first-order chi connectivity index (χ1) is 16.2. The van der Waals surface area contributed by atoms with Crippen LogP contribution in [-0.4, -0.2) is 63.0 Å². The van der Waals surface area contributed by atoms with Crippen molar-refractivity contribution in [1.82, 2.24) is 19.8 Å². The molecular formula is C20H21N5O7S2. The Morgan fingerprint density at radius 1 is 1.21 bits per heavy atom. The Morgan fingerprint density at radius 3 is 2.65 bits per heavy atom. The van der Waals surface area contributed by atoms with Crippen LogP contribution in [0, 0.1) is 0 Å². The first kappa shape index (κ1) is 22.9. The van der Waals surface area contributed by atoms with Gasteiger partial charge in [-0.1, -0.05) is 11.3 Å². The normalized spacial score (nSPS) is 21.2. The molecule has 0 unspecified atom stereocenters. The fraction of sp³-hybridized carbons (Fsp3) is 0.350. The molecule has 4 heterocycles. The van der Waals surface area contributed by atoms with Gasteiger partial charge in [0.2, 0.25) is 4.96 Å². The van der Waals surface area contributed by atoms with E-state index in [0.29, 0.717) is 21.5 Å². The molecule has 3 atom stereocenters. The number of aliphatic hydroxyl groups excluding tert-OH is 2. The van der Waals surface area contributed by atoms with E-state index >= 15 is 0 Å². The molecule has 0 radical (unpaired) electrons. The maximum Gasteiger partial charge on any atom is 0.265 e. The lowest BCUT2D eigenvalue weighted by molar-refractivity contribution is -0.158. The molecule has 4 aromatic rings. The lowest BCUT2D eigenvalue weighted by Crippen LogP contribution is -2.35. The molecule has 1 fully saturated rings. The highest BCUT2D eigenvalue weighted by Crippen LogP contribution is 2.40. The summed E-state index contributed by atoms with van der Waals surface area (Å²) in [6, 6.07) is 8.07. The molecule has 0 amide bonds. The molecule has 1 aliphatic rings. The first-order valence-electron chi connectivity index (χ1n) is 10.2. The van der Waals surface area contributed by atoms with E-state index in [4.69, 9.17) is 13.9 Å². The zero-order valence-electron chi connectivity index (χ0n) is 18.0. The monoisotopic (exact) mass is 507 g/mol. The Hall–Kier alpha value is -2.88. The summed E-state index contributed by atoms with van der Waals surface area (Å²) in [6.45, 7) is 2.91. The van der Waals surface area contributed by atoms with Gasteiger partial charge >= 0.3 is 0 Å². The topological polar surface area (TPSA) is 161 Å². The average molecular weight is 508 g/mol.